The number of allylic oxidation sites excluding steroid dienone is 3. The first kappa shape index (κ1) is 38.5. The second-order valence-electron chi connectivity index (χ2n) is 10.7. The van der Waals surface area contributed by atoms with E-state index in [1.54, 1.807) is 19.9 Å². The Bertz CT molecular complexity index is 1320. The first-order valence-electron chi connectivity index (χ1n) is 15.9. The lowest BCUT2D eigenvalue weighted by atomic mass is 9.86. The zero-order chi connectivity index (χ0) is 33.1. The molecule has 2 atom stereocenters. The lowest BCUT2D eigenvalue weighted by Crippen LogP contribution is -2.34. The molecular weight excluding hydrogens is 550 g/mol. The molecule has 3 aromatic carbocycles. The molecule has 0 spiro atoms. The Hall–Kier alpha value is -3.57. The molecule has 0 bridgehead atoms. The van der Waals surface area contributed by atoms with Gasteiger partial charge in [0.05, 0.1) is 11.9 Å². The van der Waals surface area contributed by atoms with Gasteiger partial charge in [-0.25, -0.2) is 8.78 Å². The quantitative estimate of drug-likeness (QED) is 0.189. The van der Waals surface area contributed by atoms with Crippen molar-refractivity contribution in [3.05, 3.63) is 130 Å². The molecule has 0 aromatic heterocycles. The van der Waals surface area contributed by atoms with Crippen LogP contribution in [0.2, 0.25) is 0 Å². The number of halogens is 2. The zero-order valence-corrected chi connectivity index (χ0v) is 28.4. The van der Waals surface area contributed by atoms with E-state index < -0.39 is 0 Å². The summed E-state index contributed by atoms with van der Waals surface area (Å²) in [7, 11) is 2.08. The number of rotatable bonds is 8. The van der Waals surface area contributed by atoms with Crippen LogP contribution < -0.4 is 0 Å². The van der Waals surface area contributed by atoms with E-state index in [-0.39, 0.29) is 23.7 Å². The van der Waals surface area contributed by atoms with Gasteiger partial charge < -0.3 is 4.90 Å². The van der Waals surface area contributed by atoms with Crippen LogP contribution in [0.4, 0.5) is 8.78 Å². The molecule has 3 nitrogen and oxygen atoms in total. The van der Waals surface area contributed by atoms with Crippen molar-refractivity contribution in [2.24, 2.45) is 0 Å². The van der Waals surface area contributed by atoms with Gasteiger partial charge in [0.2, 0.25) is 6.41 Å². The van der Waals surface area contributed by atoms with Crippen LogP contribution in [0.5, 0.6) is 0 Å². The van der Waals surface area contributed by atoms with Gasteiger partial charge in [-0.05, 0) is 94.8 Å². The second kappa shape index (κ2) is 21.2. The third kappa shape index (κ3) is 11.8. The molecule has 3 aromatic rings. The molecule has 240 valence electrons. The van der Waals surface area contributed by atoms with Gasteiger partial charge >= 0.3 is 0 Å². The standard InChI is InChI=1S/C17H18FN.C15H21NO.C5H9F.C2H6/c1-12-6-3-4-8-14(12)17-16-13(10-11-19(17)2)7-5-9-15(16)18;1-4-5-10-16(12-17)14(3)11-15-9-7-6-8-13(15)2;1-3-5(6)4-2;1-2/h3-9,17H,10-11H2,1-2H3;4-9,12,14H,10-11H2,1-3H3;3H,4H2,1-2H3;1-2H3/b;5-4+;5-3+;. The molecule has 4 rings (SSSR count). The largest absolute Gasteiger partial charge is 0.339 e. The highest BCUT2D eigenvalue weighted by atomic mass is 19.1. The van der Waals surface area contributed by atoms with Crippen LogP contribution in [-0.2, 0) is 17.6 Å². The van der Waals surface area contributed by atoms with Crippen molar-refractivity contribution >= 4 is 6.41 Å². The van der Waals surface area contributed by atoms with Crippen molar-refractivity contribution in [3.8, 4) is 0 Å². The van der Waals surface area contributed by atoms with E-state index in [0.29, 0.717) is 13.0 Å². The van der Waals surface area contributed by atoms with Gasteiger partial charge in [0, 0.05) is 24.7 Å². The van der Waals surface area contributed by atoms with Gasteiger partial charge in [-0.15, -0.1) is 0 Å². The van der Waals surface area contributed by atoms with Gasteiger partial charge in [0.1, 0.15) is 5.82 Å². The summed E-state index contributed by atoms with van der Waals surface area (Å²) in [5, 5.41) is 0. The van der Waals surface area contributed by atoms with E-state index >= 15 is 0 Å². The second-order valence-corrected chi connectivity index (χ2v) is 10.7. The summed E-state index contributed by atoms with van der Waals surface area (Å²) in [5.74, 6) is -0.118. The summed E-state index contributed by atoms with van der Waals surface area (Å²) in [4.78, 5) is 15.1. The molecular formula is C39H54F2N2O. The van der Waals surface area contributed by atoms with Crippen LogP contribution in [-0.4, -0.2) is 42.4 Å². The summed E-state index contributed by atoms with van der Waals surface area (Å²) >= 11 is 0. The topological polar surface area (TPSA) is 23.6 Å². The monoisotopic (exact) mass is 604 g/mol. The molecule has 1 amide bonds. The summed E-state index contributed by atoms with van der Waals surface area (Å²) < 4.78 is 26.0. The number of carbonyl (C=O) groups excluding carboxylic acids is 1. The number of likely N-dealkylation sites (N-methyl/N-ethyl adjacent to an activating group) is 1. The number of fused-ring (bicyclic) bond motifs is 1. The summed E-state index contributed by atoms with van der Waals surface area (Å²) in [6.07, 6.45) is 8.73. The molecule has 0 radical (unpaired) electrons. The van der Waals surface area contributed by atoms with Crippen LogP contribution in [0.25, 0.3) is 0 Å². The molecule has 44 heavy (non-hydrogen) atoms. The van der Waals surface area contributed by atoms with Crippen molar-refractivity contribution in [2.45, 2.75) is 86.7 Å². The Labute approximate surface area is 266 Å². The van der Waals surface area contributed by atoms with Crippen molar-refractivity contribution in [1.82, 2.24) is 9.80 Å². The van der Waals surface area contributed by atoms with Gasteiger partial charge in [-0.2, -0.15) is 0 Å². The first-order valence-corrected chi connectivity index (χ1v) is 15.9. The van der Waals surface area contributed by atoms with E-state index in [2.05, 4.69) is 63.1 Å². The maximum atomic E-state index is 14.3. The summed E-state index contributed by atoms with van der Waals surface area (Å²) in [5.41, 5.74) is 7.02. The number of aryl methyl sites for hydroxylation is 2. The molecule has 0 saturated heterocycles. The number of benzene rings is 3. The number of hydrogen-bond donors (Lipinski definition) is 0. The van der Waals surface area contributed by atoms with Crippen molar-refractivity contribution in [3.63, 3.8) is 0 Å². The van der Waals surface area contributed by atoms with E-state index in [1.807, 2.05) is 68.2 Å². The minimum absolute atomic E-state index is 0.0324. The number of nitrogens with zero attached hydrogens (tertiary/aromatic N) is 2. The van der Waals surface area contributed by atoms with Crippen molar-refractivity contribution < 1.29 is 13.6 Å². The molecule has 1 aliphatic rings. The SMILES string of the molecule is C/C=C(/F)CC.C/C=C/CN(C=O)C(C)Cc1ccccc1C.CC.Cc1ccccc1C1c2c(F)cccc2CCN1C. The number of carbonyl (C=O) groups is 1. The molecule has 0 N–H and O–H groups in total. The summed E-state index contributed by atoms with van der Waals surface area (Å²) in [6, 6.07) is 22.3. The maximum absolute atomic E-state index is 14.3. The fraction of sp³-hybridized carbons (Fsp3) is 0.410. The van der Waals surface area contributed by atoms with Crippen LogP contribution in [0.15, 0.2) is 90.8 Å². The zero-order valence-electron chi connectivity index (χ0n) is 28.4. The first-order chi connectivity index (χ1) is 21.2. The molecule has 5 heteroatoms. The Kier molecular flexibility index (Phi) is 18.5. The predicted octanol–water partition coefficient (Wildman–Crippen LogP) is 9.97. The van der Waals surface area contributed by atoms with Crippen LogP contribution in [0, 0.1) is 19.7 Å². The number of amides is 1. The maximum Gasteiger partial charge on any atom is 0.210 e. The lowest BCUT2D eigenvalue weighted by molar-refractivity contribution is -0.119. The molecule has 0 saturated carbocycles. The van der Waals surface area contributed by atoms with E-state index in [4.69, 9.17) is 0 Å². The molecule has 2 unspecified atom stereocenters. The highest BCUT2D eigenvalue weighted by Crippen LogP contribution is 2.36. The van der Waals surface area contributed by atoms with E-state index in [1.165, 1.54) is 28.3 Å². The van der Waals surface area contributed by atoms with Crippen LogP contribution >= 0.6 is 0 Å². The Morgan fingerprint density at radius 2 is 1.64 bits per heavy atom. The Balaban J connectivity index is 0.000000358. The Morgan fingerprint density at radius 1 is 1.00 bits per heavy atom. The Morgan fingerprint density at radius 3 is 2.18 bits per heavy atom. The van der Waals surface area contributed by atoms with Gasteiger partial charge in [-0.1, -0.05) is 99.7 Å². The summed E-state index contributed by atoms with van der Waals surface area (Å²) in [6.45, 7) is 17.4. The smallest absolute Gasteiger partial charge is 0.210 e. The average molecular weight is 605 g/mol. The molecule has 0 aliphatic carbocycles. The highest BCUT2D eigenvalue weighted by Gasteiger charge is 2.29. The highest BCUT2D eigenvalue weighted by molar-refractivity contribution is 5.48. The van der Waals surface area contributed by atoms with Crippen LogP contribution in [0.3, 0.4) is 0 Å². The minimum atomic E-state index is -0.0858. The van der Waals surface area contributed by atoms with Crippen molar-refractivity contribution in [2.75, 3.05) is 20.1 Å². The fourth-order valence-corrected chi connectivity index (χ4v) is 5.07. The van der Waals surface area contributed by atoms with Crippen molar-refractivity contribution in [1.29, 1.82) is 0 Å². The average Bonchev–Trinajstić information content (AvgIpc) is 3.04. The minimum Gasteiger partial charge on any atom is -0.339 e. The molecule has 0 fully saturated rings. The van der Waals surface area contributed by atoms with E-state index in [9.17, 15) is 13.6 Å². The molecule has 1 heterocycles. The third-order valence-electron chi connectivity index (χ3n) is 7.76. The normalized spacial score (nSPS) is 15.0. The van der Waals surface area contributed by atoms with Gasteiger partial charge in [0.25, 0.3) is 0 Å². The number of hydrogen-bond acceptors (Lipinski definition) is 2. The van der Waals surface area contributed by atoms with Gasteiger partial charge in [-0.3, -0.25) is 9.69 Å². The van der Waals surface area contributed by atoms with E-state index in [0.717, 1.165) is 36.9 Å². The van der Waals surface area contributed by atoms with Gasteiger partial charge in [0.15, 0.2) is 0 Å². The third-order valence-corrected chi connectivity index (χ3v) is 7.76. The lowest BCUT2D eigenvalue weighted by Gasteiger charge is -2.36. The predicted molar refractivity (Wildman–Crippen MR) is 184 cm³/mol. The fourth-order valence-electron chi connectivity index (χ4n) is 5.07. The van der Waals surface area contributed by atoms with Crippen LogP contribution in [0.1, 0.15) is 87.4 Å². The molecule has 1 aliphatic heterocycles.